The third kappa shape index (κ3) is 4.69. The first kappa shape index (κ1) is 17.4. The first-order valence-corrected chi connectivity index (χ1v) is 6.03. The van der Waals surface area contributed by atoms with Crippen LogP contribution in [0.15, 0.2) is 6.07 Å². The van der Waals surface area contributed by atoms with E-state index in [1.807, 2.05) is 0 Å². The SMILES string of the molecule is CCOC(=O)c1c(C(F)F)cc(CCl)nc1OC(F)(F)F. The molecule has 0 aromatic carbocycles. The standard InChI is InChI=1S/C11H9ClF5NO3/c1-2-20-10(19)7-6(8(13)14)3-5(4-12)18-9(7)21-11(15,16)17/h3,8H,2,4H2,1H3. The van der Waals surface area contributed by atoms with E-state index in [9.17, 15) is 26.7 Å². The molecule has 0 saturated heterocycles. The molecule has 0 unspecified atom stereocenters. The van der Waals surface area contributed by atoms with Crippen molar-refractivity contribution < 1.29 is 36.2 Å². The minimum Gasteiger partial charge on any atom is -0.462 e. The van der Waals surface area contributed by atoms with Crippen LogP contribution in [-0.4, -0.2) is 23.9 Å². The Kier molecular flexibility index (Phi) is 5.70. The van der Waals surface area contributed by atoms with Crippen molar-refractivity contribution >= 4 is 17.6 Å². The van der Waals surface area contributed by atoms with Crippen LogP contribution >= 0.6 is 11.6 Å². The molecular weight excluding hydrogens is 325 g/mol. The molecule has 118 valence electrons. The van der Waals surface area contributed by atoms with Crippen LogP contribution in [0.3, 0.4) is 0 Å². The zero-order valence-corrected chi connectivity index (χ0v) is 11.3. The van der Waals surface area contributed by atoms with Crippen LogP contribution in [0, 0.1) is 0 Å². The van der Waals surface area contributed by atoms with Gasteiger partial charge in [0.2, 0.25) is 5.88 Å². The average molecular weight is 334 g/mol. The van der Waals surface area contributed by atoms with E-state index in [2.05, 4.69) is 14.5 Å². The molecule has 0 fully saturated rings. The van der Waals surface area contributed by atoms with Gasteiger partial charge in [0.1, 0.15) is 5.56 Å². The highest BCUT2D eigenvalue weighted by Crippen LogP contribution is 2.33. The smallest absolute Gasteiger partial charge is 0.462 e. The lowest BCUT2D eigenvalue weighted by molar-refractivity contribution is -0.276. The number of pyridine rings is 1. The molecule has 0 bridgehead atoms. The Labute approximate surface area is 120 Å². The molecule has 10 heteroatoms. The Bertz CT molecular complexity index is 521. The summed E-state index contributed by atoms with van der Waals surface area (Å²) in [7, 11) is 0. The third-order valence-corrected chi connectivity index (χ3v) is 2.41. The fourth-order valence-corrected chi connectivity index (χ4v) is 1.56. The van der Waals surface area contributed by atoms with E-state index in [0.29, 0.717) is 0 Å². The van der Waals surface area contributed by atoms with Crippen LogP contribution < -0.4 is 4.74 Å². The molecule has 4 nitrogen and oxygen atoms in total. The monoisotopic (exact) mass is 333 g/mol. The van der Waals surface area contributed by atoms with Gasteiger partial charge in [-0.25, -0.2) is 18.6 Å². The van der Waals surface area contributed by atoms with E-state index in [0.717, 1.165) is 6.07 Å². The minimum absolute atomic E-state index is 0.218. The summed E-state index contributed by atoms with van der Waals surface area (Å²) in [6, 6.07) is 0.729. The van der Waals surface area contributed by atoms with Crippen molar-refractivity contribution in [2.75, 3.05) is 6.61 Å². The fraction of sp³-hybridized carbons (Fsp3) is 0.455. The van der Waals surface area contributed by atoms with E-state index in [4.69, 9.17) is 11.6 Å². The molecule has 0 N–H and O–H groups in total. The summed E-state index contributed by atoms with van der Waals surface area (Å²) >= 11 is 5.38. The molecule has 0 aliphatic carbocycles. The number of aromatic nitrogens is 1. The van der Waals surface area contributed by atoms with Crippen molar-refractivity contribution in [3.8, 4) is 5.88 Å². The van der Waals surface area contributed by atoms with Gasteiger partial charge in [0.25, 0.3) is 6.43 Å². The highest BCUT2D eigenvalue weighted by molar-refractivity contribution is 6.16. The lowest BCUT2D eigenvalue weighted by atomic mass is 10.1. The summed E-state index contributed by atoms with van der Waals surface area (Å²) in [6.45, 7) is 1.15. The number of rotatable bonds is 5. The Morgan fingerprint density at radius 1 is 1.43 bits per heavy atom. The first-order valence-electron chi connectivity index (χ1n) is 5.50. The molecule has 1 aromatic rings. The predicted molar refractivity (Wildman–Crippen MR) is 61.4 cm³/mol. The van der Waals surface area contributed by atoms with E-state index >= 15 is 0 Å². The number of halogens is 6. The second-order valence-corrected chi connectivity index (χ2v) is 3.85. The van der Waals surface area contributed by atoms with Crippen molar-refractivity contribution in [3.05, 3.63) is 22.9 Å². The molecule has 1 aromatic heterocycles. The van der Waals surface area contributed by atoms with Crippen LogP contribution in [0.25, 0.3) is 0 Å². The Balaban J connectivity index is 3.48. The van der Waals surface area contributed by atoms with Gasteiger partial charge < -0.3 is 9.47 Å². The van der Waals surface area contributed by atoms with Gasteiger partial charge in [0.05, 0.1) is 18.2 Å². The number of carbonyl (C=O) groups is 1. The molecule has 0 aliphatic rings. The van der Waals surface area contributed by atoms with Crippen LogP contribution in [0.2, 0.25) is 0 Å². The Morgan fingerprint density at radius 3 is 2.48 bits per heavy atom. The summed E-state index contributed by atoms with van der Waals surface area (Å²) in [5, 5.41) is 0. The largest absolute Gasteiger partial charge is 0.574 e. The highest BCUT2D eigenvalue weighted by atomic mass is 35.5. The summed E-state index contributed by atoms with van der Waals surface area (Å²) in [5.74, 6) is -3.13. The number of nitrogens with zero attached hydrogens (tertiary/aromatic N) is 1. The van der Waals surface area contributed by atoms with Gasteiger partial charge in [0, 0.05) is 5.56 Å². The molecule has 1 rings (SSSR count). The van der Waals surface area contributed by atoms with E-state index < -0.39 is 41.6 Å². The van der Waals surface area contributed by atoms with Gasteiger partial charge >= 0.3 is 12.3 Å². The predicted octanol–water partition coefficient (Wildman–Crippen LogP) is 3.83. The number of ether oxygens (including phenoxy) is 2. The van der Waals surface area contributed by atoms with Crippen LogP contribution in [0.4, 0.5) is 22.0 Å². The van der Waals surface area contributed by atoms with Crippen molar-refractivity contribution in [1.82, 2.24) is 4.98 Å². The fourth-order valence-electron chi connectivity index (χ4n) is 1.43. The summed E-state index contributed by atoms with van der Waals surface area (Å²) in [6.07, 6.45) is -8.44. The second kappa shape index (κ2) is 6.88. The summed E-state index contributed by atoms with van der Waals surface area (Å²) in [5.41, 5.74) is -2.35. The van der Waals surface area contributed by atoms with E-state index in [1.54, 1.807) is 0 Å². The average Bonchev–Trinajstić information content (AvgIpc) is 2.35. The number of carbonyl (C=O) groups excluding carboxylic acids is 1. The zero-order chi connectivity index (χ0) is 16.2. The molecule has 1 heterocycles. The summed E-state index contributed by atoms with van der Waals surface area (Å²) < 4.78 is 70.8. The normalized spacial score (nSPS) is 11.6. The zero-order valence-electron chi connectivity index (χ0n) is 10.5. The number of alkyl halides is 6. The maximum Gasteiger partial charge on any atom is 0.574 e. The van der Waals surface area contributed by atoms with E-state index in [-0.39, 0.29) is 12.3 Å². The minimum atomic E-state index is -5.21. The topological polar surface area (TPSA) is 48.4 Å². The van der Waals surface area contributed by atoms with Gasteiger partial charge in [-0.05, 0) is 13.0 Å². The molecule has 21 heavy (non-hydrogen) atoms. The van der Waals surface area contributed by atoms with Crippen LogP contribution in [-0.2, 0) is 10.6 Å². The van der Waals surface area contributed by atoms with Crippen molar-refractivity contribution in [2.45, 2.75) is 25.6 Å². The first-order chi connectivity index (χ1) is 9.69. The Hall–Kier alpha value is -1.64. The Morgan fingerprint density at radius 2 is 2.05 bits per heavy atom. The maximum absolute atomic E-state index is 12.9. The number of hydrogen-bond acceptors (Lipinski definition) is 4. The maximum atomic E-state index is 12.9. The molecule has 0 aliphatic heterocycles. The van der Waals surface area contributed by atoms with Gasteiger partial charge in [0.15, 0.2) is 0 Å². The van der Waals surface area contributed by atoms with Crippen molar-refractivity contribution in [3.63, 3.8) is 0 Å². The van der Waals surface area contributed by atoms with Crippen molar-refractivity contribution in [1.29, 1.82) is 0 Å². The molecule has 0 saturated carbocycles. The molecular formula is C11H9ClF5NO3. The number of esters is 1. The van der Waals surface area contributed by atoms with E-state index in [1.165, 1.54) is 6.92 Å². The third-order valence-electron chi connectivity index (χ3n) is 2.13. The van der Waals surface area contributed by atoms with Gasteiger partial charge in [-0.15, -0.1) is 24.8 Å². The van der Waals surface area contributed by atoms with Crippen LogP contribution in [0.1, 0.15) is 35.0 Å². The van der Waals surface area contributed by atoms with Gasteiger partial charge in [-0.3, -0.25) is 0 Å². The molecule has 0 radical (unpaired) electrons. The lowest BCUT2D eigenvalue weighted by Crippen LogP contribution is -2.22. The molecule has 0 spiro atoms. The molecule has 0 atom stereocenters. The molecule has 0 amide bonds. The highest BCUT2D eigenvalue weighted by Gasteiger charge is 2.36. The second-order valence-electron chi connectivity index (χ2n) is 3.59. The van der Waals surface area contributed by atoms with Crippen LogP contribution in [0.5, 0.6) is 5.88 Å². The quantitative estimate of drug-likeness (QED) is 0.467. The van der Waals surface area contributed by atoms with Gasteiger partial charge in [-0.2, -0.15) is 0 Å². The number of hydrogen-bond donors (Lipinski definition) is 0. The lowest BCUT2D eigenvalue weighted by Gasteiger charge is -2.15. The van der Waals surface area contributed by atoms with Crippen molar-refractivity contribution in [2.24, 2.45) is 0 Å². The summed E-state index contributed by atoms with van der Waals surface area (Å²) in [4.78, 5) is 14.9. The van der Waals surface area contributed by atoms with Gasteiger partial charge in [-0.1, -0.05) is 0 Å².